The van der Waals surface area contributed by atoms with Gasteiger partial charge in [0.2, 0.25) is 0 Å². The number of halogens is 1. The van der Waals surface area contributed by atoms with Crippen LogP contribution >= 0.6 is 15.9 Å². The minimum atomic E-state index is -1.01. The van der Waals surface area contributed by atoms with Crippen LogP contribution in [0.5, 0.6) is 11.5 Å². The molecule has 6 nitrogen and oxygen atoms in total. The number of aliphatic carboxylic acids is 1. The first-order chi connectivity index (χ1) is 9.04. The van der Waals surface area contributed by atoms with Gasteiger partial charge in [-0.15, -0.1) is 0 Å². The number of carboxylic acids is 1. The van der Waals surface area contributed by atoms with Crippen LogP contribution in [-0.4, -0.2) is 30.6 Å². The molecule has 0 fully saturated rings. The fourth-order valence-electron chi connectivity index (χ4n) is 1.90. The van der Waals surface area contributed by atoms with Crippen molar-refractivity contribution in [3.63, 3.8) is 0 Å². The summed E-state index contributed by atoms with van der Waals surface area (Å²) in [6, 6.07) is 0.871. The van der Waals surface area contributed by atoms with E-state index in [1.165, 1.54) is 0 Å². The third-order valence-corrected chi connectivity index (χ3v) is 3.40. The van der Waals surface area contributed by atoms with E-state index in [-0.39, 0.29) is 6.42 Å². The fraction of sp³-hybridized carbons (Fsp3) is 0.333. The molecule has 0 bridgehead atoms. The number of rotatable bonds is 4. The molecule has 3 N–H and O–H groups in total. The van der Waals surface area contributed by atoms with Crippen LogP contribution < -0.4 is 15.2 Å². The van der Waals surface area contributed by atoms with Gasteiger partial charge in [0, 0.05) is 16.1 Å². The SMILES string of the molecule is NC(CC(=O)O)c1cc(Br)c(C=O)c2c1OCCO2. The van der Waals surface area contributed by atoms with Gasteiger partial charge in [-0.3, -0.25) is 9.59 Å². The minimum absolute atomic E-state index is 0.233. The third-order valence-electron chi connectivity index (χ3n) is 2.74. The van der Waals surface area contributed by atoms with Crippen molar-refractivity contribution in [1.29, 1.82) is 0 Å². The van der Waals surface area contributed by atoms with Crippen molar-refractivity contribution < 1.29 is 24.2 Å². The summed E-state index contributed by atoms with van der Waals surface area (Å²) in [4.78, 5) is 21.8. The lowest BCUT2D eigenvalue weighted by molar-refractivity contribution is -0.137. The summed E-state index contributed by atoms with van der Waals surface area (Å²) in [6.07, 6.45) is 0.423. The summed E-state index contributed by atoms with van der Waals surface area (Å²) < 4.78 is 11.4. The second-order valence-corrected chi connectivity index (χ2v) is 4.89. The van der Waals surface area contributed by atoms with E-state index in [1.54, 1.807) is 6.07 Å². The second-order valence-electron chi connectivity index (χ2n) is 4.04. The monoisotopic (exact) mass is 329 g/mol. The van der Waals surface area contributed by atoms with Crippen LogP contribution in [0.2, 0.25) is 0 Å². The molecule has 1 aliphatic rings. The highest BCUT2D eigenvalue weighted by Crippen LogP contribution is 2.43. The van der Waals surface area contributed by atoms with E-state index in [1.807, 2.05) is 0 Å². The fourth-order valence-corrected chi connectivity index (χ4v) is 2.42. The van der Waals surface area contributed by atoms with Crippen molar-refractivity contribution in [1.82, 2.24) is 0 Å². The average Bonchev–Trinajstić information content (AvgIpc) is 2.37. The lowest BCUT2D eigenvalue weighted by Crippen LogP contribution is -2.22. The van der Waals surface area contributed by atoms with Gasteiger partial charge in [0.05, 0.1) is 12.0 Å². The van der Waals surface area contributed by atoms with E-state index in [0.717, 1.165) is 0 Å². The molecule has 0 aromatic heterocycles. The Kier molecular flexibility index (Phi) is 4.06. The molecular weight excluding hydrogens is 318 g/mol. The van der Waals surface area contributed by atoms with Crippen LogP contribution in [0.1, 0.15) is 28.4 Å². The first-order valence-electron chi connectivity index (χ1n) is 5.59. The lowest BCUT2D eigenvalue weighted by Gasteiger charge is -2.25. The maximum atomic E-state index is 11.1. The Hall–Kier alpha value is -1.60. The maximum Gasteiger partial charge on any atom is 0.305 e. The molecule has 1 atom stereocenters. The molecule has 102 valence electrons. The van der Waals surface area contributed by atoms with Crippen LogP contribution in [0, 0.1) is 0 Å². The van der Waals surface area contributed by atoms with Crippen LogP contribution in [-0.2, 0) is 4.79 Å². The molecule has 19 heavy (non-hydrogen) atoms. The van der Waals surface area contributed by atoms with Crippen molar-refractivity contribution in [2.75, 3.05) is 13.2 Å². The van der Waals surface area contributed by atoms with Crippen molar-refractivity contribution >= 4 is 28.2 Å². The van der Waals surface area contributed by atoms with Gasteiger partial charge in [0.15, 0.2) is 17.8 Å². The topological polar surface area (TPSA) is 98.9 Å². The quantitative estimate of drug-likeness (QED) is 0.812. The molecule has 0 saturated heterocycles. The molecule has 0 aliphatic carbocycles. The number of nitrogens with two attached hydrogens (primary N) is 1. The van der Waals surface area contributed by atoms with E-state index in [2.05, 4.69) is 15.9 Å². The van der Waals surface area contributed by atoms with E-state index in [0.29, 0.717) is 46.6 Å². The number of aldehydes is 1. The van der Waals surface area contributed by atoms with Gasteiger partial charge in [-0.25, -0.2) is 0 Å². The molecule has 0 saturated carbocycles. The Morgan fingerprint density at radius 2 is 2.11 bits per heavy atom. The average molecular weight is 330 g/mol. The van der Waals surface area contributed by atoms with Crippen LogP contribution in [0.25, 0.3) is 0 Å². The molecule has 2 rings (SSSR count). The number of carbonyl (C=O) groups excluding carboxylic acids is 1. The van der Waals surface area contributed by atoms with E-state index < -0.39 is 12.0 Å². The van der Waals surface area contributed by atoms with Crippen molar-refractivity contribution in [3.8, 4) is 11.5 Å². The number of hydrogen-bond acceptors (Lipinski definition) is 5. The molecular formula is C12H12BrNO5. The van der Waals surface area contributed by atoms with E-state index in [4.69, 9.17) is 20.3 Å². The minimum Gasteiger partial charge on any atom is -0.486 e. The van der Waals surface area contributed by atoms with Gasteiger partial charge in [0.1, 0.15) is 13.2 Å². The van der Waals surface area contributed by atoms with E-state index >= 15 is 0 Å². The predicted molar refractivity (Wildman–Crippen MR) is 69.7 cm³/mol. The summed E-state index contributed by atoms with van der Waals surface area (Å²) in [6.45, 7) is 0.664. The van der Waals surface area contributed by atoms with Gasteiger partial charge in [-0.05, 0) is 22.0 Å². The number of fused-ring (bicyclic) bond motifs is 1. The Bertz CT molecular complexity index is 531. The zero-order chi connectivity index (χ0) is 14.0. The second kappa shape index (κ2) is 5.58. The summed E-state index contributed by atoms with van der Waals surface area (Å²) >= 11 is 3.25. The van der Waals surface area contributed by atoms with Crippen LogP contribution in [0.15, 0.2) is 10.5 Å². The number of hydrogen-bond donors (Lipinski definition) is 2. The molecule has 1 aliphatic heterocycles. The summed E-state index contributed by atoms with van der Waals surface area (Å²) in [7, 11) is 0. The van der Waals surface area contributed by atoms with Gasteiger partial charge >= 0.3 is 5.97 Å². The largest absolute Gasteiger partial charge is 0.486 e. The summed E-state index contributed by atoms with van der Waals surface area (Å²) in [5, 5.41) is 8.80. The first kappa shape index (κ1) is 13.8. The standard InChI is InChI=1S/C12H12BrNO5/c13-8-3-6(9(14)4-10(16)17)11-12(7(8)5-15)19-2-1-18-11/h3,5,9H,1-2,4,14H2,(H,16,17). The molecule has 1 aromatic carbocycles. The van der Waals surface area contributed by atoms with Gasteiger partial charge in [-0.2, -0.15) is 0 Å². The highest BCUT2D eigenvalue weighted by molar-refractivity contribution is 9.10. The molecule has 1 aromatic rings. The van der Waals surface area contributed by atoms with Crippen LogP contribution in [0.4, 0.5) is 0 Å². The number of ether oxygens (including phenoxy) is 2. The Labute approximate surface area is 117 Å². The molecule has 1 heterocycles. The van der Waals surface area contributed by atoms with Gasteiger partial charge in [0.25, 0.3) is 0 Å². The lowest BCUT2D eigenvalue weighted by atomic mass is 10.0. The summed E-state index contributed by atoms with van der Waals surface area (Å²) in [5.74, 6) is -0.342. The Balaban J connectivity index is 2.52. The molecule has 0 spiro atoms. The van der Waals surface area contributed by atoms with Gasteiger partial charge < -0.3 is 20.3 Å². The van der Waals surface area contributed by atoms with Crippen molar-refractivity contribution in [3.05, 3.63) is 21.7 Å². The molecule has 0 amide bonds. The zero-order valence-electron chi connectivity index (χ0n) is 9.89. The molecule has 0 radical (unpaired) electrons. The highest BCUT2D eigenvalue weighted by Gasteiger charge is 2.26. The Morgan fingerprint density at radius 3 is 2.68 bits per heavy atom. The highest BCUT2D eigenvalue weighted by atomic mass is 79.9. The molecule has 7 heteroatoms. The number of benzene rings is 1. The smallest absolute Gasteiger partial charge is 0.305 e. The third kappa shape index (κ3) is 2.71. The predicted octanol–water partition coefficient (Wildman–Crippen LogP) is 1.51. The van der Waals surface area contributed by atoms with Crippen molar-refractivity contribution in [2.45, 2.75) is 12.5 Å². The Morgan fingerprint density at radius 1 is 1.47 bits per heavy atom. The normalized spacial score (nSPS) is 14.8. The number of carbonyl (C=O) groups is 2. The van der Waals surface area contributed by atoms with Crippen molar-refractivity contribution in [2.24, 2.45) is 5.73 Å². The zero-order valence-corrected chi connectivity index (χ0v) is 11.5. The molecule has 1 unspecified atom stereocenters. The first-order valence-corrected chi connectivity index (χ1v) is 6.38. The van der Waals surface area contributed by atoms with Gasteiger partial charge in [-0.1, -0.05) is 0 Å². The number of carboxylic acid groups (broad SMARTS) is 1. The maximum absolute atomic E-state index is 11.1. The van der Waals surface area contributed by atoms with E-state index in [9.17, 15) is 9.59 Å². The van der Waals surface area contributed by atoms with Crippen LogP contribution in [0.3, 0.4) is 0 Å². The summed E-state index contributed by atoms with van der Waals surface area (Å²) in [5.41, 5.74) is 6.70.